The summed E-state index contributed by atoms with van der Waals surface area (Å²) in [5, 5.41) is 4.57. The molecule has 2 aliphatic rings. The number of benzene rings is 2. The molecule has 2 aliphatic heterocycles. The van der Waals surface area contributed by atoms with Crippen molar-refractivity contribution in [3.05, 3.63) is 100 Å². The lowest BCUT2D eigenvalue weighted by Crippen LogP contribution is -2.29. The average molecular weight is 663 g/mol. The molecule has 2 saturated heterocycles. The van der Waals surface area contributed by atoms with E-state index in [9.17, 15) is 9.59 Å². The Hall–Kier alpha value is -5.13. The first kappa shape index (κ1) is 32.4. The molecule has 1 amide bonds. The number of aryl methyl sites for hydroxylation is 1. The van der Waals surface area contributed by atoms with Crippen LogP contribution in [0.3, 0.4) is 0 Å². The first-order valence-electron chi connectivity index (χ1n) is 16.7. The number of halogens is 1. The molecule has 0 bridgehead atoms. The van der Waals surface area contributed by atoms with Gasteiger partial charge >= 0.3 is 0 Å². The summed E-state index contributed by atoms with van der Waals surface area (Å²) in [6, 6.07) is 14.2. The Labute approximate surface area is 283 Å². The van der Waals surface area contributed by atoms with Crippen LogP contribution >= 0.6 is 0 Å². The first-order valence-corrected chi connectivity index (χ1v) is 16.7. The molecule has 0 radical (unpaired) electrons. The van der Waals surface area contributed by atoms with Gasteiger partial charge in [-0.2, -0.15) is 5.10 Å². The summed E-state index contributed by atoms with van der Waals surface area (Å²) in [4.78, 5) is 31.4. The van der Waals surface area contributed by atoms with Gasteiger partial charge in [0.2, 0.25) is 5.43 Å². The number of rotatable bonds is 8. The van der Waals surface area contributed by atoms with E-state index in [1.54, 1.807) is 36.8 Å². The van der Waals surface area contributed by atoms with Crippen molar-refractivity contribution < 1.29 is 18.7 Å². The number of nitrogen functional groups attached to an aromatic ring is 1. The molecule has 0 aliphatic carbocycles. The maximum atomic E-state index is 16.3. The zero-order chi connectivity index (χ0) is 34.1. The maximum absolute atomic E-state index is 16.3. The van der Waals surface area contributed by atoms with Crippen molar-refractivity contribution in [2.24, 2.45) is 11.7 Å². The molecule has 49 heavy (non-hydrogen) atoms. The lowest BCUT2D eigenvalue weighted by molar-refractivity contribution is 0.0613. The van der Waals surface area contributed by atoms with Crippen molar-refractivity contribution in [2.75, 3.05) is 32.2 Å². The van der Waals surface area contributed by atoms with Gasteiger partial charge in [-0.3, -0.25) is 14.3 Å². The summed E-state index contributed by atoms with van der Waals surface area (Å²) in [7, 11) is 0. The minimum absolute atomic E-state index is 0.170. The molecule has 0 unspecified atom stereocenters. The van der Waals surface area contributed by atoms with E-state index in [-0.39, 0.29) is 34.6 Å². The Morgan fingerprint density at radius 1 is 0.857 bits per heavy atom. The van der Waals surface area contributed by atoms with Crippen molar-refractivity contribution >= 4 is 11.7 Å². The molecule has 2 fully saturated rings. The van der Waals surface area contributed by atoms with Crippen LogP contribution in [0.25, 0.3) is 44.6 Å². The molecule has 10 nitrogen and oxygen atoms in total. The van der Waals surface area contributed by atoms with Gasteiger partial charge in [0.15, 0.2) is 0 Å². The molecule has 5 aromatic rings. The number of aromatic nitrogens is 4. The van der Waals surface area contributed by atoms with Gasteiger partial charge in [0, 0.05) is 84.9 Å². The largest absolute Gasteiger partial charge is 0.383 e. The SMILES string of the molecule is Cc1ccc(-c2cn(CC3CCOCC3)c(-c3ccc(-c4cc(-c5cnn(C6CCOCC6)c5)cnc4N)c(F)c3)c(C(N)=O)c2=O)cc1. The predicted molar refractivity (Wildman–Crippen MR) is 186 cm³/mol. The molecule has 5 heterocycles. The fraction of sp³-hybridized carbons (Fsp3) is 0.316. The zero-order valence-electron chi connectivity index (χ0n) is 27.4. The van der Waals surface area contributed by atoms with E-state index < -0.39 is 17.2 Å². The van der Waals surface area contributed by atoms with E-state index in [4.69, 9.17) is 20.9 Å². The molecule has 252 valence electrons. The number of primary amides is 1. The van der Waals surface area contributed by atoms with Crippen molar-refractivity contribution in [3.8, 4) is 44.6 Å². The number of carbonyl (C=O) groups is 1. The number of hydrogen-bond donors (Lipinski definition) is 2. The number of hydrogen-bond acceptors (Lipinski definition) is 7. The smallest absolute Gasteiger partial charge is 0.254 e. The highest BCUT2D eigenvalue weighted by Crippen LogP contribution is 2.35. The third kappa shape index (κ3) is 6.64. The van der Waals surface area contributed by atoms with E-state index in [0.29, 0.717) is 55.2 Å². The second-order valence-electron chi connectivity index (χ2n) is 12.9. The van der Waals surface area contributed by atoms with Gasteiger partial charge < -0.3 is 25.5 Å². The number of pyridine rings is 2. The van der Waals surface area contributed by atoms with E-state index in [1.807, 2.05) is 46.6 Å². The second-order valence-corrected chi connectivity index (χ2v) is 12.9. The standard InChI is InChI=1S/C38H39FN6O4/c1-23-2-4-25(5-3-23)32-22-44(20-24-8-12-48-13-9-24)35(34(36(32)46)38(41)47)26-6-7-30(33(39)17-26)31-16-27(18-42-37(31)40)28-19-43-45(21-28)29-10-14-49-15-11-29/h2-7,16-19,21-22,24,29H,8-15,20H2,1H3,(H2,40,42)(H2,41,47). The normalized spacial score (nSPS) is 15.8. The molecular formula is C38H39FN6O4. The van der Waals surface area contributed by atoms with Crippen LogP contribution in [0.4, 0.5) is 10.2 Å². The van der Waals surface area contributed by atoms with Crippen molar-refractivity contribution in [3.63, 3.8) is 0 Å². The van der Waals surface area contributed by atoms with E-state index in [2.05, 4.69) is 10.1 Å². The van der Waals surface area contributed by atoms with Crippen LogP contribution < -0.4 is 16.9 Å². The molecule has 0 atom stereocenters. The van der Waals surface area contributed by atoms with Crippen LogP contribution in [-0.2, 0) is 16.0 Å². The summed E-state index contributed by atoms with van der Waals surface area (Å²) < 4.78 is 31.1. The van der Waals surface area contributed by atoms with Gasteiger partial charge in [-0.15, -0.1) is 0 Å². The molecule has 3 aromatic heterocycles. The summed E-state index contributed by atoms with van der Waals surface area (Å²) in [6.45, 7) is 5.12. The van der Waals surface area contributed by atoms with Crippen LogP contribution in [0.1, 0.15) is 47.6 Å². The highest BCUT2D eigenvalue weighted by molar-refractivity contribution is 6.00. The lowest BCUT2D eigenvalue weighted by Gasteiger charge is -2.26. The maximum Gasteiger partial charge on any atom is 0.254 e. The van der Waals surface area contributed by atoms with Crippen molar-refractivity contribution in [1.29, 1.82) is 0 Å². The van der Waals surface area contributed by atoms with Gasteiger partial charge in [0.1, 0.15) is 17.2 Å². The summed E-state index contributed by atoms with van der Waals surface area (Å²) in [5.41, 5.74) is 16.5. The summed E-state index contributed by atoms with van der Waals surface area (Å²) in [6.07, 6.45) is 10.6. The number of nitrogens with zero attached hydrogens (tertiary/aromatic N) is 4. The molecule has 2 aromatic carbocycles. The molecule has 11 heteroatoms. The van der Waals surface area contributed by atoms with Crippen LogP contribution in [0, 0.1) is 18.7 Å². The van der Waals surface area contributed by atoms with E-state index in [0.717, 1.165) is 42.4 Å². The monoisotopic (exact) mass is 662 g/mol. The summed E-state index contributed by atoms with van der Waals surface area (Å²) >= 11 is 0. The second kappa shape index (κ2) is 13.8. The zero-order valence-corrected chi connectivity index (χ0v) is 27.4. The first-order chi connectivity index (χ1) is 23.8. The fourth-order valence-corrected chi connectivity index (χ4v) is 6.86. The molecular weight excluding hydrogens is 623 g/mol. The number of ether oxygens (including phenoxy) is 2. The number of amides is 1. The van der Waals surface area contributed by atoms with Crippen molar-refractivity contribution in [1.82, 2.24) is 19.3 Å². The van der Waals surface area contributed by atoms with Gasteiger partial charge in [-0.1, -0.05) is 42.0 Å². The quantitative estimate of drug-likeness (QED) is 0.207. The molecule has 7 rings (SSSR count). The van der Waals surface area contributed by atoms with Crippen molar-refractivity contribution in [2.45, 2.75) is 45.2 Å². The van der Waals surface area contributed by atoms with Gasteiger partial charge in [0.25, 0.3) is 5.91 Å². The Bertz CT molecular complexity index is 2060. The molecule has 0 spiro atoms. The highest BCUT2D eigenvalue weighted by atomic mass is 19.1. The number of nitrogens with two attached hydrogens (primary N) is 2. The molecule has 0 saturated carbocycles. The van der Waals surface area contributed by atoms with Gasteiger partial charge in [-0.25, -0.2) is 9.37 Å². The number of anilines is 1. The molecule has 4 N–H and O–H groups in total. The third-order valence-electron chi connectivity index (χ3n) is 9.64. The highest BCUT2D eigenvalue weighted by Gasteiger charge is 2.26. The lowest BCUT2D eigenvalue weighted by atomic mass is 9.94. The minimum Gasteiger partial charge on any atom is -0.383 e. The Balaban J connectivity index is 1.30. The minimum atomic E-state index is -0.874. The average Bonchev–Trinajstić information content (AvgIpc) is 3.61. The Kier molecular flexibility index (Phi) is 9.11. The van der Waals surface area contributed by atoms with Gasteiger partial charge in [0.05, 0.1) is 17.9 Å². The Morgan fingerprint density at radius 3 is 2.24 bits per heavy atom. The Morgan fingerprint density at radius 2 is 1.55 bits per heavy atom. The number of carbonyl (C=O) groups excluding carboxylic acids is 1. The van der Waals surface area contributed by atoms with E-state index >= 15 is 4.39 Å². The van der Waals surface area contributed by atoms with Crippen LogP contribution in [0.15, 0.2) is 78.1 Å². The van der Waals surface area contributed by atoms with Gasteiger partial charge in [-0.05, 0) is 56.2 Å². The summed E-state index contributed by atoms with van der Waals surface area (Å²) in [5.74, 6) is -1.05. The predicted octanol–water partition coefficient (Wildman–Crippen LogP) is 6.01. The van der Waals surface area contributed by atoms with E-state index in [1.165, 1.54) is 6.07 Å². The van der Waals surface area contributed by atoms with Crippen LogP contribution in [0.2, 0.25) is 0 Å². The topological polar surface area (TPSA) is 140 Å². The third-order valence-corrected chi connectivity index (χ3v) is 9.64. The van der Waals surface area contributed by atoms with Crippen LogP contribution in [-0.4, -0.2) is 51.7 Å². The van der Waals surface area contributed by atoms with Crippen LogP contribution in [0.5, 0.6) is 0 Å². The fourth-order valence-electron chi connectivity index (χ4n) is 6.86.